The summed E-state index contributed by atoms with van der Waals surface area (Å²) in [6.07, 6.45) is -10.1. The first-order chi connectivity index (χ1) is 21.4. The summed E-state index contributed by atoms with van der Waals surface area (Å²) in [7, 11) is 1.64. The molecule has 238 valence electrons. The molecule has 5 rings (SSSR count). The van der Waals surface area contributed by atoms with E-state index in [-0.39, 0.29) is 0 Å². The van der Waals surface area contributed by atoms with Crippen molar-refractivity contribution in [3.8, 4) is 22.8 Å². The van der Waals surface area contributed by atoms with Crippen LogP contribution in [-0.4, -0.2) is 56.6 Å². The molecule has 1 aliphatic heterocycles. The van der Waals surface area contributed by atoms with Crippen molar-refractivity contribution in [2.24, 2.45) is 4.99 Å². The number of hydrogen-bond donors (Lipinski definition) is 2. The molecule has 0 bridgehead atoms. The van der Waals surface area contributed by atoms with Gasteiger partial charge in [0.2, 0.25) is 5.95 Å². The van der Waals surface area contributed by atoms with E-state index < -0.39 is 18.0 Å². The van der Waals surface area contributed by atoms with Crippen LogP contribution in [0.15, 0.2) is 77.8 Å². The zero-order valence-electron chi connectivity index (χ0n) is 24.8. The zero-order chi connectivity index (χ0) is 32.2. The summed E-state index contributed by atoms with van der Waals surface area (Å²) >= 11 is 1.73. The highest BCUT2D eigenvalue weighted by atomic mass is 32.2. The van der Waals surface area contributed by atoms with Gasteiger partial charge in [0.15, 0.2) is 11.0 Å². The molecule has 1 fully saturated rings. The predicted octanol–water partition coefficient (Wildman–Crippen LogP) is 7.76. The third-order valence-corrected chi connectivity index (χ3v) is 8.00. The van der Waals surface area contributed by atoms with Crippen LogP contribution in [0.2, 0.25) is 0 Å². The molecule has 0 atom stereocenters. The first-order valence-corrected chi connectivity index (χ1v) is 15.2. The maximum absolute atomic E-state index is 13.3. The number of rotatable bonds is 10. The lowest BCUT2D eigenvalue weighted by molar-refractivity contribution is -0.360. The van der Waals surface area contributed by atoms with Gasteiger partial charge in [0.05, 0.1) is 11.4 Å². The Bertz CT molecular complexity index is 1620. The summed E-state index contributed by atoms with van der Waals surface area (Å²) in [5.74, 6) is 1.48. The number of hydrazine groups is 1. The van der Waals surface area contributed by atoms with Crippen molar-refractivity contribution in [1.82, 2.24) is 25.2 Å². The lowest BCUT2D eigenvalue weighted by atomic mass is 10.0. The Balaban J connectivity index is 1.27. The fourth-order valence-corrected chi connectivity index (χ4v) is 5.51. The molecule has 8 nitrogen and oxygen atoms in total. The minimum absolute atomic E-state index is 0.346. The number of benzene rings is 3. The van der Waals surface area contributed by atoms with Crippen LogP contribution in [0, 0.1) is 0 Å². The third-order valence-electron chi connectivity index (χ3n) is 6.94. The number of para-hydroxylation sites is 1. The van der Waals surface area contributed by atoms with E-state index in [1.165, 1.54) is 22.4 Å². The molecule has 0 radical (unpaired) electrons. The number of amidine groups is 1. The van der Waals surface area contributed by atoms with E-state index in [2.05, 4.69) is 50.5 Å². The average molecular weight is 646 g/mol. The maximum atomic E-state index is 13.3. The number of anilines is 1. The first kappa shape index (κ1) is 32.2. The summed E-state index contributed by atoms with van der Waals surface area (Å²) in [6, 6.07) is 20.6. The second kappa shape index (κ2) is 13.4. The van der Waals surface area contributed by atoms with Crippen LogP contribution >= 0.6 is 11.8 Å². The van der Waals surface area contributed by atoms with E-state index in [0.717, 1.165) is 52.8 Å². The van der Waals surface area contributed by atoms with Crippen LogP contribution in [0.5, 0.6) is 5.75 Å². The van der Waals surface area contributed by atoms with E-state index >= 15 is 0 Å². The SMILES string of the molecule is CNc1nc(-c2ccc(CNN3CCCSC3=Nc3ccccc3C(C)C)cc2)nn1-c1ccc(OC(F)(F)C(F)(F)F)cc1. The molecule has 1 aliphatic rings. The van der Waals surface area contributed by atoms with Gasteiger partial charge in [0, 0.05) is 31.5 Å². The van der Waals surface area contributed by atoms with Crippen LogP contribution in [0.4, 0.5) is 33.6 Å². The van der Waals surface area contributed by atoms with Crippen molar-refractivity contribution in [3.05, 3.63) is 83.9 Å². The van der Waals surface area contributed by atoms with Crippen LogP contribution in [0.3, 0.4) is 0 Å². The Morgan fingerprint density at radius 2 is 1.69 bits per heavy atom. The van der Waals surface area contributed by atoms with Crippen molar-refractivity contribution in [1.29, 1.82) is 0 Å². The standard InChI is InChI=1S/C31H32F5N7OS/c1-20(2)25-7-4-5-8-26(25)39-29-42(17-6-18-45-29)38-19-21-9-11-22(12-10-21)27-40-28(37-3)43(41-27)23-13-15-24(16-14-23)44-31(35,36)30(32,33)34/h4-5,7-16,20,38H,6,17-19H2,1-3H3,(H,37,40,41). The van der Waals surface area contributed by atoms with Gasteiger partial charge < -0.3 is 10.1 Å². The Labute approximate surface area is 261 Å². The van der Waals surface area contributed by atoms with Gasteiger partial charge in [0.25, 0.3) is 0 Å². The van der Waals surface area contributed by atoms with Crippen LogP contribution < -0.4 is 15.5 Å². The van der Waals surface area contributed by atoms with Crippen LogP contribution in [0.25, 0.3) is 17.1 Å². The fraction of sp³-hybridized carbons (Fsp3) is 0.323. The predicted molar refractivity (Wildman–Crippen MR) is 166 cm³/mol. The highest BCUT2D eigenvalue weighted by Crippen LogP contribution is 2.37. The molecule has 0 amide bonds. The monoisotopic (exact) mass is 645 g/mol. The summed E-state index contributed by atoms with van der Waals surface area (Å²) in [5, 5.41) is 10.5. The number of ether oxygens (including phenoxy) is 1. The molecule has 14 heteroatoms. The minimum atomic E-state index is -5.83. The number of aromatic nitrogens is 3. The lowest BCUT2D eigenvalue weighted by Gasteiger charge is -2.30. The zero-order valence-corrected chi connectivity index (χ0v) is 25.6. The molecule has 0 spiro atoms. The van der Waals surface area contributed by atoms with Gasteiger partial charge >= 0.3 is 12.3 Å². The highest BCUT2D eigenvalue weighted by Gasteiger charge is 2.61. The minimum Gasteiger partial charge on any atom is -0.426 e. The molecule has 45 heavy (non-hydrogen) atoms. The Morgan fingerprint density at radius 3 is 2.36 bits per heavy atom. The first-order valence-electron chi connectivity index (χ1n) is 14.2. The fourth-order valence-electron chi connectivity index (χ4n) is 4.58. The summed E-state index contributed by atoms with van der Waals surface area (Å²) in [6.45, 7) is 5.75. The van der Waals surface area contributed by atoms with Gasteiger partial charge in [0.1, 0.15) is 5.75 Å². The number of hydrogen-bond acceptors (Lipinski definition) is 7. The van der Waals surface area contributed by atoms with Gasteiger partial charge in [-0.25, -0.2) is 10.4 Å². The Kier molecular flexibility index (Phi) is 9.63. The van der Waals surface area contributed by atoms with Gasteiger partial charge in [-0.3, -0.25) is 5.01 Å². The molecule has 0 aliphatic carbocycles. The number of alkyl halides is 5. The molecule has 0 unspecified atom stereocenters. The topological polar surface area (TPSA) is 79.6 Å². The molecule has 2 heterocycles. The average Bonchev–Trinajstić information content (AvgIpc) is 3.45. The van der Waals surface area contributed by atoms with E-state index in [1.807, 2.05) is 42.5 Å². The van der Waals surface area contributed by atoms with Crippen molar-refractivity contribution >= 4 is 28.6 Å². The van der Waals surface area contributed by atoms with E-state index in [4.69, 9.17) is 4.99 Å². The number of halogens is 5. The van der Waals surface area contributed by atoms with Gasteiger partial charge in [-0.2, -0.15) is 31.6 Å². The van der Waals surface area contributed by atoms with Crippen LogP contribution in [-0.2, 0) is 6.54 Å². The van der Waals surface area contributed by atoms with Gasteiger partial charge in [-0.1, -0.05) is 68.1 Å². The van der Waals surface area contributed by atoms with E-state index in [1.54, 1.807) is 18.8 Å². The number of nitrogens with zero attached hydrogens (tertiary/aromatic N) is 5. The molecule has 1 aromatic heterocycles. The molecule has 1 saturated heterocycles. The molecule has 0 saturated carbocycles. The second-order valence-corrected chi connectivity index (χ2v) is 11.6. The quantitative estimate of drug-likeness (QED) is 0.171. The third kappa shape index (κ3) is 7.56. The molecule has 3 aromatic carbocycles. The number of thioether (sulfide) groups is 1. The Hall–Kier alpha value is -4.17. The van der Waals surface area contributed by atoms with Crippen molar-refractivity contribution in [2.45, 2.75) is 45.0 Å². The summed E-state index contributed by atoms with van der Waals surface area (Å²) < 4.78 is 69.3. The number of nitrogens with one attached hydrogen (secondary N) is 2. The highest BCUT2D eigenvalue weighted by molar-refractivity contribution is 8.13. The maximum Gasteiger partial charge on any atom is 0.499 e. The van der Waals surface area contributed by atoms with Gasteiger partial charge in [-0.15, -0.1) is 5.10 Å². The largest absolute Gasteiger partial charge is 0.499 e. The second-order valence-electron chi connectivity index (χ2n) is 10.5. The van der Waals surface area contributed by atoms with Crippen molar-refractivity contribution in [2.75, 3.05) is 24.7 Å². The van der Waals surface area contributed by atoms with Crippen LogP contribution in [0.1, 0.15) is 37.3 Å². The lowest BCUT2D eigenvalue weighted by Crippen LogP contribution is -2.44. The molecular weight excluding hydrogens is 613 g/mol. The van der Waals surface area contributed by atoms with Crippen molar-refractivity contribution in [3.63, 3.8) is 0 Å². The smallest absolute Gasteiger partial charge is 0.426 e. The van der Waals surface area contributed by atoms with Crippen molar-refractivity contribution < 1.29 is 26.7 Å². The molecular formula is C31H32F5N7OS. The van der Waals surface area contributed by atoms with E-state index in [0.29, 0.717) is 29.9 Å². The Morgan fingerprint density at radius 1 is 0.978 bits per heavy atom. The summed E-state index contributed by atoms with van der Waals surface area (Å²) in [5.41, 5.74) is 7.85. The molecule has 2 N–H and O–H groups in total. The van der Waals surface area contributed by atoms with E-state index in [9.17, 15) is 22.0 Å². The number of aliphatic imine (C=N–C) groups is 1. The summed E-state index contributed by atoms with van der Waals surface area (Å²) in [4.78, 5) is 9.50. The normalized spacial score (nSPS) is 15.1. The molecule has 4 aromatic rings. The van der Waals surface area contributed by atoms with Gasteiger partial charge in [-0.05, 0) is 53.8 Å².